The van der Waals surface area contributed by atoms with Gasteiger partial charge in [-0.2, -0.15) is 13.2 Å². The van der Waals surface area contributed by atoms with Crippen molar-refractivity contribution in [2.24, 2.45) is 17.8 Å². The molecule has 50 heavy (non-hydrogen) atoms. The van der Waals surface area contributed by atoms with Gasteiger partial charge < -0.3 is 15.0 Å². The zero-order valence-corrected chi connectivity index (χ0v) is 29.1. The summed E-state index contributed by atoms with van der Waals surface area (Å²) in [6, 6.07) is 2.90. The van der Waals surface area contributed by atoms with E-state index in [1.165, 1.54) is 22.3 Å². The van der Waals surface area contributed by atoms with Crippen LogP contribution < -0.4 is 15.4 Å². The number of allylic oxidation sites excluding steroid dienone is 1. The summed E-state index contributed by atoms with van der Waals surface area (Å²) in [6.45, 7) is 2.21. The maximum Gasteiger partial charge on any atom is 0.416 e. The van der Waals surface area contributed by atoms with E-state index in [0.29, 0.717) is 37.2 Å². The van der Waals surface area contributed by atoms with Crippen LogP contribution in [0.5, 0.6) is 0 Å². The third kappa shape index (κ3) is 7.67. The first-order valence-electron chi connectivity index (χ1n) is 16.5. The highest BCUT2D eigenvalue weighted by Crippen LogP contribution is 2.47. The first-order valence-corrected chi connectivity index (χ1v) is 18.8. The van der Waals surface area contributed by atoms with Crippen LogP contribution in [-0.4, -0.2) is 72.6 Å². The van der Waals surface area contributed by atoms with Gasteiger partial charge in [0.25, 0.3) is 5.91 Å². The third-order valence-corrected chi connectivity index (χ3v) is 12.5. The number of hydrogen-bond donors (Lipinski definition) is 3. The Morgan fingerprint density at radius 1 is 1.14 bits per heavy atom. The molecular formula is C33H38F3N5O7S2. The summed E-state index contributed by atoms with van der Waals surface area (Å²) in [6.07, 6.45) is 1.51. The Bertz CT molecular complexity index is 1830. The minimum Gasteiger partial charge on any atom is -0.446 e. The molecule has 2 aromatic rings. The van der Waals surface area contributed by atoms with E-state index in [9.17, 15) is 40.8 Å². The fourth-order valence-corrected chi connectivity index (χ4v) is 8.84. The number of nitrogens with one attached hydrogen (secondary N) is 3. The Balaban J connectivity index is 1.22. The van der Waals surface area contributed by atoms with Gasteiger partial charge in [0.05, 0.1) is 28.3 Å². The fraction of sp³-hybridized carbons (Fsp3) is 0.545. The SMILES string of the molecule is Cc1cnc(-c2ccc(C(F)(F)F)cc2NC(=O)OC2CC3C(=O)NC4(C(=O)NS(=O)(=O)C5CC5)CC4/C=C/CCCCN(C)C(=O)C3C2)s1. The molecule has 3 saturated carbocycles. The van der Waals surface area contributed by atoms with Gasteiger partial charge in [-0.05, 0) is 76.5 Å². The van der Waals surface area contributed by atoms with Crippen LogP contribution in [0.25, 0.3) is 10.6 Å². The number of carbonyl (C=O) groups is 4. The van der Waals surface area contributed by atoms with Crippen molar-refractivity contribution in [2.75, 3.05) is 18.9 Å². The van der Waals surface area contributed by atoms with Gasteiger partial charge in [-0.25, -0.2) is 18.2 Å². The molecule has 5 atom stereocenters. The summed E-state index contributed by atoms with van der Waals surface area (Å²) in [5.41, 5.74) is -2.43. The maximum atomic E-state index is 13.9. The predicted octanol–water partition coefficient (Wildman–Crippen LogP) is 4.76. The lowest BCUT2D eigenvalue weighted by Crippen LogP contribution is -2.54. The number of aromatic nitrogens is 1. The van der Waals surface area contributed by atoms with Crippen molar-refractivity contribution >= 4 is 50.9 Å². The molecule has 6 rings (SSSR count). The molecule has 5 unspecified atom stereocenters. The molecular weight excluding hydrogens is 700 g/mol. The van der Waals surface area contributed by atoms with Crippen molar-refractivity contribution in [1.82, 2.24) is 19.9 Å². The van der Waals surface area contributed by atoms with Crippen molar-refractivity contribution in [3.8, 4) is 10.6 Å². The largest absolute Gasteiger partial charge is 0.446 e. The summed E-state index contributed by atoms with van der Waals surface area (Å²) >= 11 is 1.23. The lowest BCUT2D eigenvalue weighted by atomic mass is 9.93. The number of hydrogen-bond acceptors (Lipinski definition) is 9. The average molecular weight is 738 g/mol. The topological polar surface area (TPSA) is 164 Å². The smallest absolute Gasteiger partial charge is 0.416 e. The summed E-state index contributed by atoms with van der Waals surface area (Å²) in [5, 5.41) is 4.91. The van der Waals surface area contributed by atoms with E-state index in [4.69, 9.17) is 4.74 Å². The molecule has 17 heteroatoms. The number of rotatable bonds is 6. The first-order chi connectivity index (χ1) is 23.6. The molecule has 1 aliphatic heterocycles. The second kappa shape index (κ2) is 13.6. The molecule has 270 valence electrons. The van der Waals surface area contributed by atoms with Crippen LogP contribution in [0.3, 0.4) is 0 Å². The van der Waals surface area contributed by atoms with Crippen LogP contribution >= 0.6 is 11.3 Å². The highest BCUT2D eigenvalue weighted by molar-refractivity contribution is 7.91. The molecule has 4 aliphatic rings. The van der Waals surface area contributed by atoms with Gasteiger partial charge in [-0.1, -0.05) is 12.2 Å². The van der Waals surface area contributed by atoms with Crippen LogP contribution in [0.2, 0.25) is 0 Å². The molecule has 0 bridgehead atoms. The Morgan fingerprint density at radius 2 is 1.88 bits per heavy atom. The summed E-state index contributed by atoms with van der Waals surface area (Å²) in [5.74, 6) is -4.28. The number of aryl methyl sites for hydroxylation is 1. The van der Waals surface area contributed by atoms with Crippen molar-refractivity contribution in [3.63, 3.8) is 0 Å². The standard InChI is InChI=1S/C33H38F3N5O7S2/c1-18-17-37-28(49-18)23-11-8-19(33(34,35)36)13-26(23)38-31(45)48-21-14-24-25(15-21)29(43)41(2)12-6-4-3-5-7-20-16-32(20,39-27(24)42)30(44)40-50(46,47)22-9-10-22/h5,7-8,11,13,17,20-22,24-25H,3-4,6,9-10,12,14-16H2,1-2H3,(H,38,45)(H,39,42)(H,40,44)/b7-5+. The number of ether oxygens (including phenoxy) is 1. The summed E-state index contributed by atoms with van der Waals surface area (Å²) in [7, 11) is -2.29. The van der Waals surface area contributed by atoms with E-state index in [1.807, 2.05) is 12.2 Å². The lowest BCUT2D eigenvalue weighted by Gasteiger charge is -2.26. The number of nitrogens with zero attached hydrogens (tertiary/aromatic N) is 2. The number of halogens is 3. The Hall–Kier alpha value is -3.99. The van der Waals surface area contributed by atoms with Gasteiger partial charge in [0.2, 0.25) is 21.8 Å². The maximum absolute atomic E-state index is 13.9. The third-order valence-electron chi connectivity index (χ3n) is 9.71. The van der Waals surface area contributed by atoms with Gasteiger partial charge in [0.1, 0.15) is 16.7 Å². The second-order valence-electron chi connectivity index (χ2n) is 13.5. The van der Waals surface area contributed by atoms with Crippen molar-refractivity contribution < 1.29 is 45.5 Å². The van der Waals surface area contributed by atoms with Crippen molar-refractivity contribution in [1.29, 1.82) is 0 Å². The number of fused-ring (bicyclic) bond motifs is 2. The highest BCUT2D eigenvalue weighted by atomic mass is 32.2. The van der Waals surface area contributed by atoms with Crippen LogP contribution in [-0.2, 0) is 35.3 Å². The molecule has 0 saturated heterocycles. The zero-order valence-electron chi connectivity index (χ0n) is 27.4. The van der Waals surface area contributed by atoms with Gasteiger partial charge >= 0.3 is 12.3 Å². The summed E-state index contributed by atoms with van der Waals surface area (Å²) in [4.78, 5) is 60.8. The van der Waals surface area contributed by atoms with Crippen molar-refractivity contribution in [3.05, 3.63) is 47.0 Å². The molecule has 3 N–H and O–H groups in total. The monoisotopic (exact) mass is 737 g/mol. The minimum atomic E-state index is -4.69. The van der Waals surface area contributed by atoms with Gasteiger partial charge in [0.15, 0.2) is 0 Å². The molecule has 4 amide bonds. The zero-order chi connectivity index (χ0) is 36.0. The van der Waals surface area contributed by atoms with E-state index in [-0.39, 0.29) is 36.4 Å². The molecule has 2 heterocycles. The second-order valence-corrected chi connectivity index (χ2v) is 16.7. The van der Waals surface area contributed by atoms with Crippen LogP contribution in [0.1, 0.15) is 61.8 Å². The highest BCUT2D eigenvalue weighted by Gasteiger charge is 2.62. The van der Waals surface area contributed by atoms with Crippen LogP contribution in [0.15, 0.2) is 36.5 Å². The fourth-order valence-electron chi connectivity index (χ4n) is 6.67. The quantitative estimate of drug-likeness (QED) is 0.358. The van der Waals surface area contributed by atoms with Crippen LogP contribution in [0.4, 0.5) is 23.7 Å². The van der Waals surface area contributed by atoms with E-state index < -0.39 is 74.3 Å². The number of anilines is 1. The van der Waals surface area contributed by atoms with Gasteiger partial charge in [-0.15, -0.1) is 11.3 Å². The molecule has 0 radical (unpaired) electrons. The Labute approximate surface area is 291 Å². The van der Waals surface area contributed by atoms with Gasteiger partial charge in [-0.3, -0.25) is 24.4 Å². The first kappa shape index (κ1) is 35.8. The minimum absolute atomic E-state index is 0.0472. The molecule has 12 nitrogen and oxygen atoms in total. The molecule has 3 fully saturated rings. The van der Waals surface area contributed by atoms with E-state index >= 15 is 0 Å². The molecule has 3 aliphatic carbocycles. The van der Waals surface area contributed by atoms with Gasteiger partial charge in [0, 0.05) is 36.1 Å². The van der Waals surface area contributed by atoms with E-state index in [0.717, 1.165) is 23.4 Å². The number of carbonyl (C=O) groups excluding carboxylic acids is 4. The number of sulfonamides is 1. The molecule has 1 aromatic carbocycles. The molecule has 0 spiro atoms. The van der Waals surface area contributed by atoms with E-state index in [2.05, 4.69) is 20.3 Å². The normalized spacial score (nSPS) is 28.1. The molecule has 1 aromatic heterocycles. The summed E-state index contributed by atoms with van der Waals surface area (Å²) < 4.78 is 73.9. The predicted molar refractivity (Wildman–Crippen MR) is 177 cm³/mol. The average Bonchev–Trinajstić information content (AvgIpc) is 3.93. The number of alkyl halides is 3. The van der Waals surface area contributed by atoms with Crippen LogP contribution in [0, 0.1) is 24.7 Å². The number of thiazole rings is 1. The van der Waals surface area contributed by atoms with Crippen molar-refractivity contribution in [2.45, 2.75) is 81.4 Å². The number of benzene rings is 1. The number of amides is 4. The van der Waals surface area contributed by atoms with E-state index in [1.54, 1.807) is 20.2 Å². The lowest BCUT2D eigenvalue weighted by molar-refractivity contribution is -0.140. The Kier molecular flexibility index (Phi) is 9.76. The Morgan fingerprint density at radius 3 is 2.56 bits per heavy atom.